The van der Waals surface area contributed by atoms with Gasteiger partial charge >= 0.3 is 6.03 Å². The van der Waals surface area contributed by atoms with Gasteiger partial charge in [-0.1, -0.05) is 66.7 Å². The molecule has 0 saturated carbocycles. The molecular formula is C30H24N2O4. The highest BCUT2D eigenvalue weighted by atomic mass is 16.5. The Hall–Kier alpha value is -4.71. The summed E-state index contributed by atoms with van der Waals surface area (Å²) in [5.74, 6) is -0.902. The first-order valence-corrected chi connectivity index (χ1v) is 11.6. The number of hydrogen-bond acceptors (Lipinski definition) is 4. The minimum absolute atomic E-state index is 0.144. The number of amides is 4. The van der Waals surface area contributed by atoms with Crippen LogP contribution in [0.4, 0.5) is 10.5 Å². The molecule has 178 valence electrons. The van der Waals surface area contributed by atoms with E-state index in [0.717, 1.165) is 32.4 Å². The van der Waals surface area contributed by atoms with Gasteiger partial charge in [-0.15, -0.1) is 0 Å². The predicted molar refractivity (Wildman–Crippen MR) is 140 cm³/mol. The number of imide groups is 2. The number of carbonyl (C=O) groups is 3. The van der Waals surface area contributed by atoms with Crippen molar-refractivity contribution in [1.82, 2.24) is 5.32 Å². The molecule has 36 heavy (non-hydrogen) atoms. The molecule has 1 aliphatic heterocycles. The fraction of sp³-hybridized carbons (Fsp3) is 0.100. The van der Waals surface area contributed by atoms with Crippen molar-refractivity contribution in [2.24, 2.45) is 0 Å². The van der Waals surface area contributed by atoms with E-state index in [1.165, 1.54) is 6.08 Å². The van der Waals surface area contributed by atoms with Gasteiger partial charge < -0.3 is 4.74 Å². The van der Waals surface area contributed by atoms with E-state index in [9.17, 15) is 14.4 Å². The van der Waals surface area contributed by atoms with E-state index in [1.54, 1.807) is 30.3 Å². The summed E-state index contributed by atoms with van der Waals surface area (Å²) in [7, 11) is 0. The van der Waals surface area contributed by atoms with Gasteiger partial charge in [-0.3, -0.25) is 14.9 Å². The van der Waals surface area contributed by atoms with E-state index < -0.39 is 17.8 Å². The molecule has 4 amide bonds. The Morgan fingerprint density at radius 3 is 2.33 bits per heavy atom. The van der Waals surface area contributed by atoms with E-state index in [4.69, 9.17) is 4.74 Å². The number of ether oxygens (including phenoxy) is 1. The summed E-state index contributed by atoms with van der Waals surface area (Å²) < 4.78 is 6.14. The van der Waals surface area contributed by atoms with Gasteiger partial charge in [0.25, 0.3) is 11.8 Å². The number of urea groups is 1. The van der Waals surface area contributed by atoms with Gasteiger partial charge in [0, 0.05) is 5.56 Å². The highest BCUT2D eigenvalue weighted by molar-refractivity contribution is 6.39. The molecule has 0 bridgehead atoms. The first-order valence-electron chi connectivity index (χ1n) is 11.6. The van der Waals surface area contributed by atoms with Crippen LogP contribution >= 0.6 is 0 Å². The van der Waals surface area contributed by atoms with Crippen LogP contribution in [0.25, 0.3) is 16.8 Å². The van der Waals surface area contributed by atoms with Gasteiger partial charge in [0.1, 0.15) is 17.9 Å². The Morgan fingerprint density at radius 1 is 0.833 bits per heavy atom. The van der Waals surface area contributed by atoms with Crippen LogP contribution in [0.5, 0.6) is 5.75 Å². The molecule has 0 unspecified atom stereocenters. The molecule has 1 fully saturated rings. The predicted octanol–water partition coefficient (Wildman–Crippen LogP) is 5.70. The number of rotatable bonds is 5. The first kappa shape index (κ1) is 23.1. The van der Waals surface area contributed by atoms with E-state index in [1.807, 2.05) is 68.4 Å². The molecule has 0 radical (unpaired) electrons. The lowest BCUT2D eigenvalue weighted by atomic mass is 10.0. The van der Waals surface area contributed by atoms with Crippen LogP contribution in [0.2, 0.25) is 0 Å². The number of anilines is 1. The standard InChI is InChI=1S/C30H24N2O4/c1-19-14-20(2)16-24(15-19)32-29(34)26(28(33)31-30(32)35)17-22-9-4-6-13-27(22)36-18-23-11-7-10-21-8-3-5-12-25(21)23/h3-17H,18H2,1-2H3,(H,31,33,35)/b26-17+. The fourth-order valence-corrected chi connectivity index (χ4v) is 4.43. The molecule has 0 aromatic heterocycles. The van der Waals surface area contributed by atoms with Crippen LogP contribution < -0.4 is 15.0 Å². The van der Waals surface area contributed by atoms with Gasteiger partial charge in [0.05, 0.1) is 5.69 Å². The number of fused-ring (bicyclic) bond motifs is 1. The summed E-state index contributed by atoms with van der Waals surface area (Å²) in [4.78, 5) is 39.6. The second-order valence-electron chi connectivity index (χ2n) is 8.77. The third-order valence-electron chi connectivity index (χ3n) is 6.05. The molecule has 0 aliphatic carbocycles. The maximum atomic E-state index is 13.3. The smallest absolute Gasteiger partial charge is 0.335 e. The highest BCUT2D eigenvalue weighted by Crippen LogP contribution is 2.28. The summed E-state index contributed by atoms with van der Waals surface area (Å²) in [6.45, 7) is 4.08. The Bertz CT molecular complexity index is 1530. The molecule has 0 atom stereocenters. The molecule has 1 N–H and O–H groups in total. The van der Waals surface area contributed by atoms with Gasteiger partial charge in [0.15, 0.2) is 0 Å². The van der Waals surface area contributed by atoms with Gasteiger partial charge in [-0.25, -0.2) is 9.69 Å². The van der Waals surface area contributed by atoms with E-state index in [2.05, 4.69) is 5.32 Å². The van der Waals surface area contributed by atoms with Gasteiger partial charge in [-0.05, 0) is 65.6 Å². The quantitative estimate of drug-likeness (QED) is 0.296. The zero-order chi connectivity index (χ0) is 25.2. The summed E-state index contributed by atoms with van der Waals surface area (Å²) in [6.07, 6.45) is 1.47. The number of aryl methyl sites for hydroxylation is 2. The Balaban J connectivity index is 1.46. The number of barbiturate groups is 1. The van der Waals surface area contributed by atoms with Crippen LogP contribution in [-0.2, 0) is 16.2 Å². The Morgan fingerprint density at radius 2 is 1.53 bits per heavy atom. The van der Waals surface area contributed by atoms with Crippen LogP contribution in [0, 0.1) is 13.8 Å². The molecular weight excluding hydrogens is 452 g/mol. The lowest BCUT2D eigenvalue weighted by Crippen LogP contribution is -2.54. The number of hydrogen-bond donors (Lipinski definition) is 1. The van der Waals surface area contributed by atoms with Crippen LogP contribution in [0.15, 0.2) is 90.5 Å². The normalized spacial score (nSPS) is 14.9. The number of benzene rings is 4. The molecule has 5 rings (SSSR count). The number of carbonyl (C=O) groups excluding carboxylic acids is 3. The molecule has 1 heterocycles. The minimum Gasteiger partial charge on any atom is -0.488 e. The van der Waals surface area contributed by atoms with Crippen LogP contribution in [0.1, 0.15) is 22.3 Å². The van der Waals surface area contributed by atoms with Crippen molar-refractivity contribution in [3.05, 3.63) is 113 Å². The summed E-state index contributed by atoms with van der Waals surface area (Å²) in [5, 5.41) is 4.50. The van der Waals surface area contributed by atoms with Crippen molar-refractivity contribution in [2.45, 2.75) is 20.5 Å². The topological polar surface area (TPSA) is 75.7 Å². The Kier molecular flexibility index (Phi) is 6.09. The number of nitrogens with one attached hydrogen (secondary N) is 1. The van der Waals surface area contributed by atoms with Crippen LogP contribution in [-0.4, -0.2) is 17.8 Å². The summed E-state index contributed by atoms with van der Waals surface area (Å²) in [6, 6.07) is 25.9. The molecule has 4 aromatic rings. The third kappa shape index (κ3) is 4.49. The molecule has 6 heteroatoms. The minimum atomic E-state index is -0.771. The second-order valence-corrected chi connectivity index (χ2v) is 8.77. The number of nitrogens with zero attached hydrogens (tertiary/aromatic N) is 1. The van der Waals surface area contributed by atoms with E-state index in [-0.39, 0.29) is 5.57 Å². The number of para-hydroxylation sites is 1. The lowest BCUT2D eigenvalue weighted by molar-refractivity contribution is -0.122. The summed E-state index contributed by atoms with van der Waals surface area (Å²) >= 11 is 0. The zero-order valence-corrected chi connectivity index (χ0v) is 19.9. The highest BCUT2D eigenvalue weighted by Gasteiger charge is 2.37. The largest absolute Gasteiger partial charge is 0.488 e. The first-order chi connectivity index (χ1) is 17.4. The van der Waals surface area contributed by atoms with E-state index in [0.29, 0.717) is 23.6 Å². The van der Waals surface area contributed by atoms with Gasteiger partial charge in [0.2, 0.25) is 0 Å². The lowest BCUT2D eigenvalue weighted by Gasteiger charge is -2.27. The molecule has 6 nitrogen and oxygen atoms in total. The average Bonchev–Trinajstić information content (AvgIpc) is 2.85. The molecule has 1 saturated heterocycles. The molecule has 4 aromatic carbocycles. The van der Waals surface area contributed by atoms with Crippen molar-refractivity contribution in [3.63, 3.8) is 0 Å². The van der Waals surface area contributed by atoms with Crippen molar-refractivity contribution < 1.29 is 19.1 Å². The van der Waals surface area contributed by atoms with Crippen molar-refractivity contribution in [3.8, 4) is 5.75 Å². The maximum Gasteiger partial charge on any atom is 0.335 e. The van der Waals surface area contributed by atoms with Crippen molar-refractivity contribution in [2.75, 3.05) is 4.90 Å². The molecule has 1 aliphatic rings. The maximum absolute atomic E-state index is 13.3. The monoisotopic (exact) mass is 476 g/mol. The zero-order valence-electron chi connectivity index (χ0n) is 19.9. The SMILES string of the molecule is Cc1cc(C)cc(N2C(=O)NC(=O)/C(=C\c3ccccc3OCc3cccc4ccccc34)C2=O)c1. The Labute approximate surface area is 208 Å². The second kappa shape index (κ2) is 9.50. The van der Waals surface area contributed by atoms with Crippen molar-refractivity contribution in [1.29, 1.82) is 0 Å². The fourth-order valence-electron chi connectivity index (χ4n) is 4.43. The van der Waals surface area contributed by atoms with Crippen molar-refractivity contribution >= 4 is 40.4 Å². The van der Waals surface area contributed by atoms with E-state index >= 15 is 0 Å². The van der Waals surface area contributed by atoms with Crippen LogP contribution in [0.3, 0.4) is 0 Å². The van der Waals surface area contributed by atoms with Gasteiger partial charge in [-0.2, -0.15) is 0 Å². The average molecular weight is 477 g/mol. The summed E-state index contributed by atoms with van der Waals surface area (Å²) in [5.41, 5.74) is 3.66. The third-order valence-corrected chi connectivity index (χ3v) is 6.05. The molecule has 0 spiro atoms.